The van der Waals surface area contributed by atoms with Crippen LogP contribution in [0.5, 0.6) is 0 Å². The zero-order valence-electron chi connectivity index (χ0n) is 7.93. The molecule has 0 unspecified atom stereocenters. The van der Waals surface area contributed by atoms with E-state index in [1.807, 2.05) is 11.4 Å². The molecule has 0 aliphatic heterocycles. The van der Waals surface area contributed by atoms with Crippen LogP contribution in [0.15, 0.2) is 11.4 Å². The second kappa shape index (κ2) is 4.64. The summed E-state index contributed by atoms with van der Waals surface area (Å²) >= 11 is 10.6. The van der Waals surface area contributed by atoms with Gasteiger partial charge < -0.3 is 5.32 Å². The average Bonchev–Trinajstić information content (AvgIpc) is 2.45. The van der Waals surface area contributed by atoms with Crippen LogP contribution in [0, 0.1) is 0 Å². The number of hydrogen-bond acceptors (Lipinski definition) is 2. The fraction of sp³-hybridized carbons (Fsp3) is 0.444. The summed E-state index contributed by atoms with van der Waals surface area (Å²) in [5.74, 6) is -0.0419. The molecule has 0 bridgehead atoms. The number of hydrogen-bond donors (Lipinski definition) is 1. The Hall–Kier alpha value is -0.0600. The fourth-order valence-corrected chi connectivity index (χ4v) is 1.90. The van der Waals surface area contributed by atoms with E-state index in [4.69, 9.17) is 11.6 Å². The van der Waals surface area contributed by atoms with Gasteiger partial charge in [-0.1, -0.05) is 27.5 Å². The first-order chi connectivity index (χ1) is 6.41. The molecule has 0 atom stereocenters. The molecule has 0 radical (unpaired) electrons. The van der Waals surface area contributed by atoms with Crippen molar-refractivity contribution in [2.45, 2.75) is 24.7 Å². The van der Waals surface area contributed by atoms with Gasteiger partial charge in [0.1, 0.15) is 0 Å². The summed E-state index contributed by atoms with van der Waals surface area (Å²) in [6, 6.07) is 1.91. The van der Waals surface area contributed by atoms with Gasteiger partial charge in [-0.15, -0.1) is 11.3 Å². The SMILES string of the molecule is CC(C)(Br)C(=O)NCc1ccsc1Cl. The van der Waals surface area contributed by atoms with Crippen molar-refractivity contribution in [3.8, 4) is 0 Å². The molecule has 1 N–H and O–H groups in total. The van der Waals surface area contributed by atoms with Crippen LogP contribution in [0.1, 0.15) is 19.4 Å². The van der Waals surface area contributed by atoms with Gasteiger partial charge in [-0.3, -0.25) is 4.79 Å². The lowest BCUT2D eigenvalue weighted by Crippen LogP contribution is -2.36. The summed E-state index contributed by atoms with van der Waals surface area (Å²) in [5.41, 5.74) is 0.960. The number of alkyl halides is 1. The standard InChI is InChI=1S/C9H11BrClNOS/c1-9(2,10)8(13)12-5-6-3-4-14-7(6)11/h3-4H,5H2,1-2H3,(H,12,13). The highest BCUT2D eigenvalue weighted by Gasteiger charge is 2.23. The molecule has 1 amide bonds. The number of halogens is 2. The maximum Gasteiger partial charge on any atom is 0.236 e. The zero-order chi connectivity index (χ0) is 10.8. The van der Waals surface area contributed by atoms with Crippen molar-refractivity contribution in [2.24, 2.45) is 0 Å². The molecule has 0 aliphatic carbocycles. The number of carbonyl (C=O) groups is 1. The molecule has 14 heavy (non-hydrogen) atoms. The lowest BCUT2D eigenvalue weighted by Gasteiger charge is -2.15. The molecule has 1 aromatic heterocycles. The molecular formula is C9H11BrClNOS. The Morgan fingerprint density at radius 1 is 1.71 bits per heavy atom. The fourth-order valence-electron chi connectivity index (χ4n) is 0.831. The van der Waals surface area contributed by atoms with Gasteiger partial charge in [0.2, 0.25) is 5.91 Å². The third kappa shape index (κ3) is 3.26. The van der Waals surface area contributed by atoms with E-state index in [2.05, 4.69) is 21.2 Å². The monoisotopic (exact) mass is 295 g/mol. The normalized spacial score (nSPS) is 11.4. The van der Waals surface area contributed by atoms with E-state index in [1.165, 1.54) is 11.3 Å². The minimum Gasteiger partial charge on any atom is -0.351 e. The number of rotatable bonds is 3. The van der Waals surface area contributed by atoms with Gasteiger partial charge in [0, 0.05) is 12.1 Å². The Bertz CT molecular complexity index is 332. The van der Waals surface area contributed by atoms with Crippen LogP contribution in [0.4, 0.5) is 0 Å². The summed E-state index contributed by atoms with van der Waals surface area (Å²) < 4.78 is 0.202. The van der Waals surface area contributed by atoms with Crippen LogP contribution in [0.2, 0.25) is 4.34 Å². The minimum atomic E-state index is -0.532. The number of carbonyl (C=O) groups excluding carboxylic acids is 1. The highest BCUT2D eigenvalue weighted by Crippen LogP contribution is 2.23. The largest absolute Gasteiger partial charge is 0.351 e. The van der Waals surface area contributed by atoms with Crippen LogP contribution in [-0.2, 0) is 11.3 Å². The smallest absolute Gasteiger partial charge is 0.236 e. The quantitative estimate of drug-likeness (QED) is 0.853. The molecule has 0 spiro atoms. The maximum atomic E-state index is 11.5. The maximum absolute atomic E-state index is 11.5. The van der Waals surface area contributed by atoms with E-state index in [-0.39, 0.29) is 5.91 Å². The van der Waals surface area contributed by atoms with Gasteiger partial charge in [-0.2, -0.15) is 0 Å². The zero-order valence-corrected chi connectivity index (χ0v) is 11.1. The Kier molecular flexibility index (Phi) is 3.98. The Morgan fingerprint density at radius 2 is 2.36 bits per heavy atom. The average molecular weight is 297 g/mol. The lowest BCUT2D eigenvalue weighted by molar-refractivity contribution is -0.122. The second-order valence-electron chi connectivity index (χ2n) is 3.37. The molecule has 5 heteroatoms. The van der Waals surface area contributed by atoms with Crippen molar-refractivity contribution in [1.29, 1.82) is 0 Å². The van der Waals surface area contributed by atoms with Gasteiger partial charge >= 0.3 is 0 Å². The summed E-state index contributed by atoms with van der Waals surface area (Å²) in [6.07, 6.45) is 0. The highest BCUT2D eigenvalue weighted by atomic mass is 79.9. The molecule has 0 saturated heterocycles. The lowest BCUT2D eigenvalue weighted by atomic mass is 10.2. The highest BCUT2D eigenvalue weighted by molar-refractivity contribution is 9.10. The number of nitrogens with one attached hydrogen (secondary N) is 1. The third-order valence-electron chi connectivity index (χ3n) is 1.67. The second-order valence-corrected chi connectivity index (χ2v) is 6.88. The van der Waals surface area contributed by atoms with Crippen molar-refractivity contribution in [2.75, 3.05) is 0 Å². The molecule has 1 rings (SSSR count). The third-order valence-corrected chi connectivity index (χ3v) is 3.28. The van der Waals surface area contributed by atoms with Gasteiger partial charge in [0.15, 0.2) is 0 Å². The number of amides is 1. The van der Waals surface area contributed by atoms with E-state index in [0.717, 1.165) is 9.90 Å². The molecule has 2 nitrogen and oxygen atoms in total. The van der Waals surface area contributed by atoms with E-state index < -0.39 is 4.32 Å². The molecule has 0 saturated carbocycles. The molecule has 1 heterocycles. The number of thiophene rings is 1. The summed E-state index contributed by atoms with van der Waals surface area (Å²) in [6.45, 7) is 4.09. The summed E-state index contributed by atoms with van der Waals surface area (Å²) in [4.78, 5) is 11.5. The van der Waals surface area contributed by atoms with Crippen LogP contribution in [0.3, 0.4) is 0 Å². The minimum absolute atomic E-state index is 0.0419. The van der Waals surface area contributed by atoms with Crippen molar-refractivity contribution in [1.82, 2.24) is 5.32 Å². The molecule has 78 valence electrons. The van der Waals surface area contributed by atoms with Gasteiger partial charge in [0.25, 0.3) is 0 Å². The predicted molar refractivity (Wildman–Crippen MR) is 64.2 cm³/mol. The molecule has 0 fully saturated rings. The van der Waals surface area contributed by atoms with Crippen LogP contribution in [0.25, 0.3) is 0 Å². The van der Waals surface area contributed by atoms with Crippen LogP contribution < -0.4 is 5.32 Å². The summed E-state index contributed by atoms with van der Waals surface area (Å²) in [5, 5.41) is 4.71. The van der Waals surface area contributed by atoms with Gasteiger partial charge in [-0.25, -0.2) is 0 Å². The molecule has 0 aliphatic rings. The first kappa shape index (κ1) is 12.0. The van der Waals surface area contributed by atoms with Crippen molar-refractivity contribution >= 4 is 44.8 Å². The van der Waals surface area contributed by atoms with E-state index in [1.54, 1.807) is 13.8 Å². The van der Waals surface area contributed by atoms with E-state index in [9.17, 15) is 4.79 Å². The Balaban J connectivity index is 2.50. The molecule has 0 aromatic carbocycles. The van der Waals surface area contributed by atoms with Crippen molar-refractivity contribution < 1.29 is 4.79 Å². The van der Waals surface area contributed by atoms with Crippen molar-refractivity contribution in [3.63, 3.8) is 0 Å². The van der Waals surface area contributed by atoms with Gasteiger partial charge in [-0.05, 0) is 25.3 Å². The van der Waals surface area contributed by atoms with E-state index >= 15 is 0 Å². The molecular weight excluding hydrogens is 286 g/mol. The van der Waals surface area contributed by atoms with Crippen LogP contribution in [-0.4, -0.2) is 10.2 Å². The van der Waals surface area contributed by atoms with Gasteiger partial charge in [0.05, 0.1) is 8.66 Å². The first-order valence-electron chi connectivity index (χ1n) is 4.10. The topological polar surface area (TPSA) is 29.1 Å². The first-order valence-corrected chi connectivity index (χ1v) is 6.15. The Morgan fingerprint density at radius 3 is 2.79 bits per heavy atom. The van der Waals surface area contributed by atoms with Crippen LogP contribution >= 0.6 is 38.9 Å². The van der Waals surface area contributed by atoms with E-state index in [0.29, 0.717) is 6.54 Å². The van der Waals surface area contributed by atoms with Crippen molar-refractivity contribution in [3.05, 3.63) is 21.3 Å². The Labute approximate surface area is 101 Å². The molecule has 1 aromatic rings. The predicted octanol–water partition coefficient (Wildman–Crippen LogP) is 3.19. The summed E-state index contributed by atoms with van der Waals surface area (Å²) in [7, 11) is 0.